The fraction of sp³-hybridized carbons (Fsp3) is 0.909. The smallest absolute Gasteiger partial charge is 0.356 e. The first-order valence-electron chi connectivity index (χ1n) is 6.37. The Morgan fingerprint density at radius 2 is 1.40 bits per heavy atom. The zero-order chi connectivity index (χ0) is 16.6. The largest absolute Gasteiger partial charge is 0.478 e. The minimum absolute atomic E-state index is 0.0521. The fourth-order valence-electron chi connectivity index (χ4n) is 0.735. The maximum Gasteiger partial charge on any atom is 0.356 e. The van der Waals surface area contributed by atoms with Crippen molar-refractivity contribution in [2.75, 3.05) is 13.2 Å². The van der Waals surface area contributed by atoms with Crippen molar-refractivity contribution < 1.29 is 42.3 Å². The summed E-state index contributed by atoms with van der Waals surface area (Å²) >= 11 is 14.5. The number of halogens is 3. The van der Waals surface area contributed by atoms with Gasteiger partial charge in [0.25, 0.3) is 3.79 Å². The molecule has 9 heteroatoms. The topological polar surface area (TPSA) is 98.0 Å². The van der Waals surface area contributed by atoms with Gasteiger partial charge in [0.2, 0.25) is 0 Å². The van der Waals surface area contributed by atoms with E-state index < -0.39 is 15.9 Å². The second kappa shape index (κ2) is 17.9. The third-order valence-corrected chi connectivity index (χ3v) is 7.42. The Kier molecular flexibility index (Phi) is 23.1. The van der Waals surface area contributed by atoms with Crippen molar-refractivity contribution >= 4 is 40.8 Å². The fourth-order valence-corrected chi connectivity index (χ4v) is 3.57. The maximum absolute atomic E-state index is 9.62. The molecule has 0 aromatic carbocycles. The van der Waals surface area contributed by atoms with Crippen molar-refractivity contribution in [3.05, 3.63) is 0 Å². The summed E-state index contributed by atoms with van der Waals surface area (Å²) in [6, 6.07) is 0. The average molecular weight is 407 g/mol. The van der Waals surface area contributed by atoms with Gasteiger partial charge in [-0.2, -0.15) is 0 Å². The van der Waals surface area contributed by atoms with Crippen LogP contribution in [0, 0.1) is 0 Å². The molecule has 5 nitrogen and oxygen atoms in total. The molecule has 0 saturated heterocycles. The molecule has 0 saturated carbocycles. The Hall–Kier alpha value is 0.843. The number of carboxylic acids is 1. The summed E-state index contributed by atoms with van der Waals surface area (Å²) in [7, 11) is 0. The molecule has 0 fully saturated rings. The summed E-state index contributed by atoms with van der Waals surface area (Å²) in [5.74, 6) is -1.46. The molecular formula is C11H23Cl3O5Zn. The Labute approximate surface area is 142 Å². The van der Waals surface area contributed by atoms with Crippen molar-refractivity contribution in [3.63, 3.8) is 0 Å². The molecule has 0 spiro atoms. The molecule has 0 heterocycles. The molecule has 0 aromatic heterocycles. The molecule has 0 unspecified atom stereocenters. The molecule has 4 N–H and O–H groups in total. The van der Waals surface area contributed by atoms with E-state index in [0.717, 1.165) is 0 Å². The van der Waals surface area contributed by atoms with Crippen LogP contribution in [0.5, 0.6) is 0 Å². The van der Waals surface area contributed by atoms with E-state index in [1.165, 1.54) is 12.8 Å². The number of aliphatic hydroxyl groups excluding tert-OH is 3. The van der Waals surface area contributed by atoms with Crippen LogP contribution >= 0.6 is 34.8 Å². The first kappa shape index (κ1) is 25.8. The number of hydrogen-bond acceptors (Lipinski definition) is 4. The summed E-state index contributed by atoms with van der Waals surface area (Å²) in [6.07, 6.45) is 1.94. The van der Waals surface area contributed by atoms with Gasteiger partial charge in [0.1, 0.15) is 6.10 Å². The van der Waals surface area contributed by atoms with Gasteiger partial charge in [-0.3, -0.25) is 0 Å². The summed E-state index contributed by atoms with van der Waals surface area (Å²) in [4.78, 5) is 9.62. The predicted octanol–water partition coefficient (Wildman–Crippen LogP) is 2.50. The Bertz CT molecular complexity index is 207. The summed E-state index contributed by atoms with van der Waals surface area (Å²) < 4.78 is -2.17. The monoisotopic (exact) mass is 404 g/mol. The molecule has 0 bridgehead atoms. The molecule has 0 amide bonds. The van der Waals surface area contributed by atoms with Crippen LogP contribution in [0.15, 0.2) is 0 Å². The van der Waals surface area contributed by atoms with Gasteiger partial charge in [0, 0.05) is 0 Å². The van der Waals surface area contributed by atoms with Gasteiger partial charge in [0.05, 0.1) is 13.2 Å². The quantitative estimate of drug-likeness (QED) is 0.308. The van der Waals surface area contributed by atoms with Gasteiger partial charge >= 0.3 is 59.8 Å². The van der Waals surface area contributed by atoms with Gasteiger partial charge in [-0.05, 0) is 0 Å². The number of carbonyl (C=O) groups is 1. The zero-order valence-corrected chi connectivity index (χ0v) is 17.1. The number of aliphatic carboxylic acids is 1. The number of carboxylic acid groups (broad SMARTS) is 1. The Morgan fingerprint density at radius 1 is 1.10 bits per heavy atom. The van der Waals surface area contributed by atoms with E-state index in [-0.39, 0.29) is 30.3 Å². The van der Waals surface area contributed by atoms with E-state index >= 15 is 0 Å². The van der Waals surface area contributed by atoms with E-state index in [1.54, 1.807) is 10.0 Å². The molecule has 20 heavy (non-hydrogen) atoms. The van der Waals surface area contributed by atoms with Crippen LogP contribution in [0.2, 0.25) is 10.0 Å². The normalized spacial score (nSPS) is 9.85. The number of hydrogen-bond donors (Lipinski definition) is 4. The third kappa shape index (κ3) is 27.2. The maximum atomic E-state index is 9.62. The number of alkyl halides is 3. The van der Waals surface area contributed by atoms with Gasteiger partial charge in [-0.1, -0.05) is 34.8 Å². The minimum atomic E-state index is -2.17. The van der Waals surface area contributed by atoms with Crippen LogP contribution in [0.25, 0.3) is 0 Å². The molecule has 0 atom stereocenters. The summed E-state index contributed by atoms with van der Waals surface area (Å²) in [5.41, 5.74) is 0. The van der Waals surface area contributed by atoms with E-state index in [0.29, 0.717) is 0 Å². The molecule has 0 rings (SSSR count). The molecule has 0 radical (unpaired) electrons. The Balaban J connectivity index is -0.000000218. The van der Waals surface area contributed by atoms with Crippen LogP contribution in [-0.4, -0.2) is 49.5 Å². The van der Waals surface area contributed by atoms with E-state index in [9.17, 15) is 4.79 Å². The van der Waals surface area contributed by atoms with Crippen molar-refractivity contribution in [2.24, 2.45) is 0 Å². The first-order chi connectivity index (χ1) is 9.17. The average Bonchev–Trinajstić information content (AvgIpc) is 2.38. The minimum Gasteiger partial charge on any atom is -0.478 e. The van der Waals surface area contributed by atoms with Gasteiger partial charge in [-0.25, -0.2) is 4.79 Å². The third-order valence-electron chi connectivity index (χ3n) is 1.87. The molecule has 0 aliphatic heterocycles. The molecular weight excluding hydrogens is 384 g/mol. The van der Waals surface area contributed by atoms with E-state index in [2.05, 4.69) is 13.8 Å². The van der Waals surface area contributed by atoms with Crippen LogP contribution in [0.1, 0.15) is 26.7 Å². The van der Waals surface area contributed by atoms with Crippen molar-refractivity contribution in [1.29, 1.82) is 0 Å². The molecule has 120 valence electrons. The number of aliphatic hydroxyl groups is 3. The van der Waals surface area contributed by atoms with Crippen LogP contribution in [0.3, 0.4) is 0 Å². The van der Waals surface area contributed by atoms with E-state index in [4.69, 9.17) is 55.2 Å². The van der Waals surface area contributed by atoms with E-state index in [1.807, 2.05) is 0 Å². The zero-order valence-electron chi connectivity index (χ0n) is 11.9. The van der Waals surface area contributed by atoms with Gasteiger partial charge < -0.3 is 20.4 Å². The summed E-state index contributed by atoms with van der Waals surface area (Å²) in [6.45, 7) is 3.86. The van der Waals surface area contributed by atoms with Gasteiger partial charge in [-0.15, -0.1) is 0 Å². The molecule has 0 aromatic rings. The standard InChI is InChI=1S/C3H8O3.2C3H7.C2HCl3O2.Zn/c4-1-3(6)2-5;2*1-3-2;3-2(4,5)1(6)7;/h3-6H,1-2H2;2*1,3H2,2H3;(H,6,7);. The number of rotatable bonds is 6. The Morgan fingerprint density at radius 3 is 1.50 bits per heavy atom. The predicted molar refractivity (Wildman–Crippen MR) is 78.3 cm³/mol. The molecule has 0 aliphatic carbocycles. The summed E-state index contributed by atoms with van der Waals surface area (Å²) in [5, 5.41) is 35.1. The van der Waals surface area contributed by atoms with Crippen LogP contribution in [-0.2, 0) is 21.9 Å². The van der Waals surface area contributed by atoms with Crippen molar-refractivity contribution in [2.45, 2.75) is 46.6 Å². The second-order valence-electron chi connectivity index (χ2n) is 3.88. The van der Waals surface area contributed by atoms with Crippen molar-refractivity contribution in [3.8, 4) is 0 Å². The van der Waals surface area contributed by atoms with Gasteiger partial charge in [0.15, 0.2) is 0 Å². The van der Waals surface area contributed by atoms with Crippen LogP contribution < -0.4 is 0 Å². The SMILES string of the molecule is CC[CH2][Zn][CH2]CC.O=C(O)C(Cl)(Cl)Cl.OCC(O)CO. The van der Waals surface area contributed by atoms with Crippen molar-refractivity contribution in [1.82, 2.24) is 0 Å². The van der Waals surface area contributed by atoms with Crippen LogP contribution in [0.4, 0.5) is 0 Å². The first-order valence-corrected chi connectivity index (χ1v) is 11.7. The molecule has 0 aliphatic rings. The second-order valence-corrected chi connectivity index (χ2v) is 10.6.